The highest BCUT2D eigenvalue weighted by Crippen LogP contribution is 2.33. The Hall–Kier alpha value is -0.340. The van der Waals surface area contributed by atoms with Crippen molar-refractivity contribution in [1.29, 1.82) is 0 Å². The quantitative estimate of drug-likeness (QED) is 0.716. The molecule has 0 aromatic carbocycles. The second-order valence-corrected chi connectivity index (χ2v) is 6.23. The van der Waals surface area contributed by atoms with E-state index in [0.717, 1.165) is 13.1 Å². The standard InChI is InChI=1S/C15H30N2/c1-6-15(5)7-9-17(10-8-15)12-14(4)11-16-13(2)3/h13,16H,4,6-12H2,1-3,5H3. The molecule has 0 amide bonds. The summed E-state index contributed by atoms with van der Waals surface area (Å²) in [5.41, 5.74) is 1.91. The van der Waals surface area contributed by atoms with Gasteiger partial charge in [0.1, 0.15) is 0 Å². The molecule has 1 heterocycles. The van der Waals surface area contributed by atoms with Crippen molar-refractivity contribution < 1.29 is 0 Å². The van der Waals surface area contributed by atoms with Crippen molar-refractivity contribution in [3.8, 4) is 0 Å². The fourth-order valence-corrected chi connectivity index (χ4v) is 2.33. The van der Waals surface area contributed by atoms with Crippen molar-refractivity contribution in [2.24, 2.45) is 5.41 Å². The highest BCUT2D eigenvalue weighted by atomic mass is 15.1. The van der Waals surface area contributed by atoms with Gasteiger partial charge in [-0.2, -0.15) is 0 Å². The van der Waals surface area contributed by atoms with E-state index in [-0.39, 0.29) is 0 Å². The zero-order chi connectivity index (χ0) is 12.9. The van der Waals surface area contributed by atoms with Crippen LogP contribution >= 0.6 is 0 Å². The van der Waals surface area contributed by atoms with E-state index in [2.05, 4.69) is 44.5 Å². The minimum absolute atomic E-state index is 0.552. The molecule has 1 fully saturated rings. The first-order valence-corrected chi connectivity index (χ1v) is 7.07. The third-order valence-corrected chi connectivity index (χ3v) is 4.12. The number of nitrogens with one attached hydrogen (secondary N) is 1. The lowest BCUT2D eigenvalue weighted by Gasteiger charge is -2.39. The lowest BCUT2D eigenvalue weighted by Crippen LogP contribution is -2.40. The van der Waals surface area contributed by atoms with E-state index >= 15 is 0 Å². The summed E-state index contributed by atoms with van der Waals surface area (Å²) >= 11 is 0. The average molecular weight is 238 g/mol. The molecule has 0 spiro atoms. The number of hydrogen-bond donors (Lipinski definition) is 1. The van der Waals surface area contributed by atoms with Crippen LogP contribution in [-0.4, -0.2) is 37.1 Å². The molecule has 2 nitrogen and oxygen atoms in total. The number of hydrogen-bond acceptors (Lipinski definition) is 2. The molecule has 1 aliphatic heterocycles. The summed E-state index contributed by atoms with van der Waals surface area (Å²) in [5, 5.41) is 3.44. The van der Waals surface area contributed by atoms with Crippen molar-refractivity contribution in [3.05, 3.63) is 12.2 Å². The summed E-state index contributed by atoms with van der Waals surface area (Å²) in [6, 6.07) is 0.552. The van der Waals surface area contributed by atoms with E-state index in [1.165, 1.54) is 37.9 Å². The van der Waals surface area contributed by atoms with E-state index in [1.54, 1.807) is 0 Å². The Bertz CT molecular complexity index is 237. The Balaban J connectivity index is 2.24. The van der Waals surface area contributed by atoms with Gasteiger partial charge < -0.3 is 5.32 Å². The third kappa shape index (κ3) is 5.22. The predicted octanol–water partition coefficient (Wildman–Crippen LogP) is 3.05. The molecule has 0 aromatic rings. The molecule has 0 bridgehead atoms. The lowest BCUT2D eigenvalue weighted by molar-refractivity contribution is 0.122. The summed E-state index contributed by atoms with van der Waals surface area (Å²) in [6.07, 6.45) is 4.00. The van der Waals surface area contributed by atoms with E-state index in [1.807, 2.05) is 0 Å². The van der Waals surface area contributed by atoms with Crippen LogP contribution in [-0.2, 0) is 0 Å². The molecule has 0 aliphatic carbocycles. The number of piperidine rings is 1. The molecule has 1 rings (SSSR count). The Morgan fingerprint density at radius 3 is 2.41 bits per heavy atom. The van der Waals surface area contributed by atoms with E-state index in [0.29, 0.717) is 11.5 Å². The van der Waals surface area contributed by atoms with Gasteiger partial charge in [-0.25, -0.2) is 0 Å². The third-order valence-electron chi connectivity index (χ3n) is 4.12. The molecular formula is C15H30N2. The van der Waals surface area contributed by atoms with Crippen LogP contribution < -0.4 is 5.32 Å². The Morgan fingerprint density at radius 2 is 1.94 bits per heavy atom. The summed E-state index contributed by atoms with van der Waals surface area (Å²) in [7, 11) is 0. The normalized spacial score (nSPS) is 20.8. The Morgan fingerprint density at radius 1 is 1.35 bits per heavy atom. The summed E-state index contributed by atoms with van der Waals surface area (Å²) in [4.78, 5) is 2.56. The van der Waals surface area contributed by atoms with Gasteiger partial charge in [-0.3, -0.25) is 4.90 Å². The van der Waals surface area contributed by atoms with Crippen molar-refractivity contribution in [1.82, 2.24) is 10.2 Å². The first-order chi connectivity index (χ1) is 7.95. The molecule has 2 heteroatoms. The first kappa shape index (κ1) is 14.7. The average Bonchev–Trinajstić information content (AvgIpc) is 2.30. The van der Waals surface area contributed by atoms with Gasteiger partial charge in [-0.15, -0.1) is 0 Å². The van der Waals surface area contributed by atoms with Crippen molar-refractivity contribution in [2.75, 3.05) is 26.2 Å². The molecule has 0 saturated carbocycles. The van der Waals surface area contributed by atoms with Crippen LogP contribution in [0.2, 0.25) is 0 Å². The molecule has 0 aromatic heterocycles. The van der Waals surface area contributed by atoms with Gasteiger partial charge in [0, 0.05) is 19.1 Å². The first-order valence-electron chi connectivity index (χ1n) is 7.07. The van der Waals surface area contributed by atoms with Gasteiger partial charge in [0.15, 0.2) is 0 Å². The Kier molecular flexibility index (Phi) is 5.68. The van der Waals surface area contributed by atoms with Crippen LogP contribution in [0.3, 0.4) is 0 Å². The highest BCUT2D eigenvalue weighted by molar-refractivity contribution is 5.01. The van der Waals surface area contributed by atoms with Crippen LogP contribution in [0.1, 0.15) is 47.0 Å². The second-order valence-electron chi connectivity index (χ2n) is 6.23. The van der Waals surface area contributed by atoms with Gasteiger partial charge >= 0.3 is 0 Å². The maximum atomic E-state index is 4.17. The molecule has 0 radical (unpaired) electrons. The Labute approximate surface area is 107 Å². The van der Waals surface area contributed by atoms with Crippen molar-refractivity contribution >= 4 is 0 Å². The molecule has 1 saturated heterocycles. The number of likely N-dealkylation sites (tertiary alicyclic amines) is 1. The minimum Gasteiger partial charge on any atom is -0.311 e. The molecule has 0 atom stereocenters. The van der Waals surface area contributed by atoms with Crippen LogP contribution in [0.25, 0.3) is 0 Å². The lowest BCUT2D eigenvalue weighted by atomic mass is 9.78. The fraction of sp³-hybridized carbons (Fsp3) is 0.867. The summed E-state index contributed by atoms with van der Waals surface area (Å²) < 4.78 is 0. The SMILES string of the molecule is C=C(CNC(C)C)CN1CCC(C)(CC)CC1. The predicted molar refractivity (Wildman–Crippen MR) is 76.4 cm³/mol. The largest absolute Gasteiger partial charge is 0.311 e. The molecule has 17 heavy (non-hydrogen) atoms. The fourth-order valence-electron chi connectivity index (χ4n) is 2.33. The minimum atomic E-state index is 0.552. The second kappa shape index (κ2) is 6.55. The van der Waals surface area contributed by atoms with Gasteiger partial charge in [0.25, 0.3) is 0 Å². The molecule has 100 valence electrons. The maximum absolute atomic E-state index is 4.17. The highest BCUT2D eigenvalue weighted by Gasteiger charge is 2.27. The molecule has 1 N–H and O–H groups in total. The topological polar surface area (TPSA) is 15.3 Å². The zero-order valence-electron chi connectivity index (χ0n) is 12.2. The van der Waals surface area contributed by atoms with E-state index in [9.17, 15) is 0 Å². The van der Waals surface area contributed by atoms with Gasteiger partial charge in [-0.05, 0) is 36.9 Å². The van der Waals surface area contributed by atoms with Gasteiger partial charge in [-0.1, -0.05) is 40.7 Å². The smallest absolute Gasteiger partial charge is 0.0202 e. The number of nitrogens with zero attached hydrogens (tertiary/aromatic N) is 1. The van der Waals surface area contributed by atoms with Gasteiger partial charge in [0.05, 0.1) is 0 Å². The monoisotopic (exact) mass is 238 g/mol. The summed E-state index contributed by atoms with van der Waals surface area (Å²) in [5.74, 6) is 0. The van der Waals surface area contributed by atoms with E-state index in [4.69, 9.17) is 0 Å². The number of rotatable bonds is 6. The van der Waals surface area contributed by atoms with Crippen LogP contribution in [0, 0.1) is 5.41 Å². The molecular weight excluding hydrogens is 208 g/mol. The molecule has 1 aliphatic rings. The van der Waals surface area contributed by atoms with Crippen LogP contribution in [0.15, 0.2) is 12.2 Å². The summed E-state index contributed by atoms with van der Waals surface area (Å²) in [6.45, 7) is 17.8. The van der Waals surface area contributed by atoms with Crippen molar-refractivity contribution in [2.45, 2.75) is 53.0 Å². The van der Waals surface area contributed by atoms with Gasteiger partial charge in [0.2, 0.25) is 0 Å². The molecule has 0 unspecified atom stereocenters. The zero-order valence-corrected chi connectivity index (χ0v) is 12.2. The van der Waals surface area contributed by atoms with Crippen molar-refractivity contribution in [3.63, 3.8) is 0 Å². The van der Waals surface area contributed by atoms with Crippen LogP contribution in [0.5, 0.6) is 0 Å². The van der Waals surface area contributed by atoms with E-state index < -0.39 is 0 Å². The maximum Gasteiger partial charge on any atom is 0.0202 e. The van der Waals surface area contributed by atoms with Crippen LogP contribution in [0.4, 0.5) is 0 Å².